The van der Waals surface area contributed by atoms with E-state index in [2.05, 4.69) is 25.5 Å². The predicted octanol–water partition coefficient (Wildman–Crippen LogP) is 4.15. The van der Waals surface area contributed by atoms with E-state index in [1.807, 2.05) is 0 Å². The zero-order valence-corrected chi connectivity index (χ0v) is 13.5. The number of ether oxygens (including phenoxy) is 1. The van der Waals surface area contributed by atoms with Gasteiger partial charge in [0.1, 0.15) is 17.1 Å². The van der Waals surface area contributed by atoms with Crippen molar-refractivity contribution in [3.05, 3.63) is 72.8 Å². The number of aromatic nitrogens is 2. The summed E-state index contributed by atoms with van der Waals surface area (Å²) in [4.78, 5) is 20.1. The second-order valence-electron chi connectivity index (χ2n) is 4.96. The van der Waals surface area contributed by atoms with Crippen LogP contribution in [0, 0.1) is 0 Å². The van der Waals surface area contributed by atoms with Crippen LogP contribution in [0.3, 0.4) is 0 Å². The average Bonchev–Trinajstić information content (AvgIpc) is 2.68. The lowest BCUT2D eigenvalue weighted by atomic mass is 10.2. The van der Waals surface area contributed by atoms with Gasteiger partial charge in [-0.05, 0) is 36.4 Å². The Morgan fingerprint density at radius 1 is 1.04 bits per heavy atom. The Kier molecular flexibility index (Phi) is 5.06. The highest BCUT2D eigenvalue weighted by atomic mass is 16.5. The van der Waals surface area contributed by atoms with Crippen LogP contribution >= 0.6 is 0 Å². The molecule has 0 aliphatic rings. The van der Waals surface area contributed by atoms with Gasteiger partial charge in [-0.15, -0.1) is 5.11 Å². The van der Waals surface area contributed by atoms with Gasteiger partial charge in [-0.3, -0.25) is 14.8 Å². The number of anilines is 1. The summed E-state index contributed by atoms with van der Waals surface area (Å²) in [5.41, 5.74) is 2.15. The molecule has 3 rings (SSSR count). The molecule has 1 aromatic carbocycles. The maximum atomic E-state index is 12.1. The number of hydrogen-bond acceptors (Lipinski definition) is 6. The number of amides is 1. The van der Waals surface area contributed by atoms with Crippen LogP contribution in [0.5, 0.6) is 5.75 Å². The van der Waals surface area contributed by atoms with Crippen molar-refractivity contribution in [2.45, 2.75) is 0 Å². The Hall–Kier alpha value is -3.61. The molecule has 0 bridgehead atoms. The zero-order valence-electron chi connectivity index (χ0n) is 13.5. The van der Waals surface area contributed by atoms with Gasteiger partial charge in [-0.1, -0.05) is 6.07 Å². The highest BCUT2D eigenvalue weighted by molar-refractivity contribution is 6.03. The maximum Gasteiger partial charge on any atom is 0.274 e. The molecule has 0 saturated heterocycles. The van der Waals surface area contributed by atoms with E-state index in [0.717, 1.165) is 0 Å². The van der Waals surface area contributed by atoms with Gasteiger partial charge in [0.25, 0.3) is 5.91 Å². The number of nitrogens with zero attached hydrogens (tertiary/aromatic N) is 4. The molecule has 3 aromatic rings. The van der Waals surface area contributed by atoms with Gasteiger partial charge in [0.15, 0.2) is 0 Å². The van der Waals surface area contributed by atoms with Crippen LogP contribution in [0.1, 0.15) is 10.5 Å². The van der Waals surface area contributed by atoms with Crippen molar-refractivity contribution in [2.24, 2.45) is 10.2 Å². The molecule has 0 aliphatic heterocycles. The SMILES string of the molecule is COc1cc(NC(=O)c2ccccn2)ccc1/N=N\c1ccncc1. The fraction of sp³-hybridized carbons (Fsp3) is 0.0556. The largest absolute Gasteiger partial charge is 0.494 e. The molecule has 2 heterocycles. The van der Waals surface area contributed by atoms with Gasteiger partial charge in [-0.25, -0.2) is 0 Å². The Bertz CT molecular complexity index is 882. The molecule has 124 valence electrons. The molecular formula is C18H15N5O2. The zero-order chi connectivity index (χ0) is 17.5. The van der Waals surface area contributed by atoms with Gasteiger partial charge in [0.2, 0.25) is 0 Å². The third-order valence-corrected chi connectivity index (χ3v) is 3.27. The molecule has 0 fully saturated rings. The lowest BCUT2D eigenvalue weighted by Gasteiger charge is -2.08. The number of pyridine rings is 2. The molecular weight excluding hydrogens is 318 g/mol. The molecule has 25 heavy (non-hydrogen) atoms. The normalized spacial score (nSPS) is 10.6. The molecule has 0 unspecified atom stereocenters. The van der Waals surface area contributed by atoms with E-state index in [-0.39, 0.29) is 5.91 Å². The third kappa shape index (κ3) is 4.23. The van der Waals surface area contributed by atoms with Gasteiger partial charge in [0, 0.05) is 30.3 Å². The number of methoxy groups -OCH3 is 1. The van der Waals surface area contributed by atoms with E-state index in [1.54, 1.807) is 67.1 Å². The molecule has 1 N–H and O–H groups in total. The number of nitrogens with one attached hydrogen (secondary N) is 1. The number of hydrogen-bond donors (Lipinski definition) is 1. The lowest BCUT2D eigenvalue weighted by Crippen LogP contribution is -2.13. The summed E-state index contributed by atoms with van der Waals surface area (Å²) in [5.74, 6) is 0.199. The molecule has 0 aliphatic carbocycles. The summed E-state index contributed by atoms with van der Waals surface area (Å²) in [6.45, 7) is 0. The monoisotopic (exact) mass is 333 g/mol. The van der Waals surface area contributed by atoms with Crippen molar-refractivity contribution >= 4 is 23.0 Å². The smallest absolute Gasteiger partial charge is 0.274 e. The number of benzene rings is 1. The van der Waals surface area contributed by atoms with Crippen LogP contribution in [-0.4, -0.2) is 23.0 Å². The van der Waals surface area contributed by atoms with Crippen molar-refractivity contribution in [1.29, 1.82) is 0 Å². The molecule has 0 atom stereocenters. The maximum absolute atomic E-state index is 12.1. The summed E-state index contributed by atoms with van der Waals surface area (Å²) >= 11 is 0. The summed E-state index contributed by atoms with van der Waals surface area (Å²) in [7, 11) is 1.53. The Morgan fingerprint density at radius 3 is 2.60 bits per heavy atom. The van der Waals surface area contributed by atoms with Crippen molar-refractivity contribution in [2.75, 3.05) is 12.4 Å². The highest BCUT2D eigenvalue weighted by Gasteiger charge is 2.09. The molecule has 0 spiro atoms. The van der Waals surface area contributed by atoms with Crippen LogP contribution in [0.4, 0.5) is 17.1 Å². The fourth-order valence-corrected chi connectivity index (χ4v) is 2.05. The third-order valence-electron chi connectivity index (χ3n) is 3.27. The van der Waals surface area contributed by atoms with Crippen LogP contribution in [0.2, 0.25) is 0 Å². The molecule has 0 radical (unpaired) electrons. The van der Waals surface area contributed by atoms with Crippen LogP contribution in [0.15, 0.2) is 77.3 Å². The molecule has 0 saturated carbocycles. The van der Waals surface area contributed by atoms with Gasteiger partial charge in [0.05, 0.1) is 12.8 Å². The highest BCUT2D eigenvalue weighted by Crippen LogP contribution is 2.31. The topological polar surface area (TPSA) is 88.8 Å². The number of carbonyl (C=O) groups excluding carboxylic acids is 1. The molecule has 1 amide bonds. The molecule has 2 aromatic heterocycles. The minimum absolute atomic E-state index is 0.297. The minimum Gasteiger partial charge on any atom is -0.494 e. The second-order valence-corrected chi connectivity index (χ2v) is 4.96. The Labute approximate surface area is 144 Å². The molecule has 7 heteroatoms. The summed E-state index contributed by atoms with van der Waals surface area (Å²) < 4.78 is 5.33. The van der Waals surface area contributed by atoms with Crippen molar-refractivity contribution in [3.63, 3.8) is 0 Å². The first-order chi connectivity index (χ1) is 12.3. The van der Waals surface area contributed by atoms with E-state index in [0.29, 0.717) is 28.5 Å². The summed E-state index contributed by atoms with van der Waals surface area (Å²) in [6, 6.07) is 13.8. The van der Waals surface area contributed by atoms with Gasteiger partial charge < -0.3 is 10.1 Å². The minimum atomic E-state index is -0.297. The van der Waals surface area contributed by atoms with E-state index in [9.17, 15) is 4.79 Å². The first-order valence-corrected chi connectivity index (χ1v) is 7.48. The van der Waals surface area contributed by atoms with Crippen molar-refractivity contribution in [3.8, 4) is 5.75 Å². The quantitative estimate of drug-likeness (QED) is 0.710. The summed E-state index contributed by atoms with van der Waals surface area (Å²) in [5, 5.41) is 11.1. The van der Waals surface area contributed by atoms with Crippen molar-refractivity contribution in [1.82, 2.24) is 9.97 Å². The van der Waals surface area contributed by atoms with Crippen LogP contribution in [0.25, 0.3) is 0 Å². The van der Waals surface area contributed by atoms with Gasteiger partial charge in [-0.2, -0.15) is 5.11 Å². The van der Waals surface area contributed by atoms with E-state index < -0.39 is 0 Å². The van der Waals surface area contributed by atoms with Crippen LogP contribution in [-0.2, 0) is 0 Å². The number of carbonyl (C=O) groups is 1. The number of azo groups is 1. The first-order valence-electron chi connectivity index (χ1n) is 7.48. The van der Waals surface area contributed by atoms with E-state index in [4.69, 9.17) is 4.74 Å². The Morgan fingerprint density at radius 2 is 1.88 bits per heavy atom. The first kappa shape index (κ1) is 16.3. The standard InChI is InChI=1S/C18H15N5O2/c1-25-17-12-14(21-18(24)16-4-2-3-9-20-16)5-6-15(17)23-22-13-7-10-19-11-8-13/h2-12H,1H3,(H,21,24)/b23-22-. The van der Waals surface area contributed by atoms with Crippen molar-refractivity contribution < 1.29 is 9.53 Å². The summed E-state index contributed by atoms with van der Waals surface area (Å²) in [6.07, 6.45) is 4.85. The molecule has 7 nitrogen and oxygen atoms in total. The van der Waals surface area contributed by atoms with Crippen LogP contribution < -0.4 is 10.1 Å². The fourth-order valence-electron chi connectivity index (χ4n) is 2.05. The Balaban J connectivity index is 1.78. The second kappa shape index (κ2) is 7.78. The average molecular weight is 333 g/mol. The van der Waals surface area contributed by atoms with Gasteiger partial charge >= 0.3 is 0 Å². The lowest BCUT2D eigenvalue weighted by molar-refractivity contribution is 0.102. The van der Waals surface area contributed by atoms with E-state index >= 15 is 0 Å². The number of rotatable bonds is 5. The predicted molar refractivity (Wildman–Crippen MR) is 93.6 cm³/mol. The van der Waals surface area contributed by atoms with E-state index in [1.165, 1.54) is 7.11 Å².